The summed E-state index contributed by atoms with van der Waals surface area (Å²) >= 11 is 1.58. The normalized spacial score (nSPS) is 17.5. The van der Waals surface area contributed by atoms with Crippen molar-refractivity contribution in [2.45, 2.75) is 58.9 Å². The maximum Gasteiger partial charge on any atom is 0.251 e. The Morgan fingerprint density at radius 3 is 2.80 bits per heavy atom. The van der Waals surface area contributed by atoms with Crippen molar-refractivity contribution >= 4 is 17.2 Å². The molecule has 6 nitrogen and oxygen atoms in total. The summed E-state index contributed by atoms with van der Waals surface area (Å²) in [6, 6.07) is 1.40. The van der Waals surface area contributed by atoms with E-state index in [1.807, 2.05) is 32.6 Å². The number of thiazole rings is 1. The Hall–Kier alpha value is -2.02. The molecule has 134 valence electrons. The summed E-state index contributed by atoms with van der Waals surface area (Å²) in [7, 11) is 0. The van der Waals surface area contributed by atoms with Crippen LogP contribution in [-0.2, 0) is 11.2 Å². The molecule has 3 heterocycles. The molecule has 1 atom stereocenters. The number of amides is 1. The third kappa shape index (κ3) is 3.81. The number of aromatic amines is 1. The van der Waals surface area contributed by atoms with Gasteiger partial charge in [-0.2, -0.15) is 0 Å². The molecule has 1 unspecified atom stereocenters. The Kier molecular flexibility index (Phi) is 5.03. The molecule has 3 rings (SSSR count). The second kappa shape index (κ2) is 7.07. The zero-order chi connectivity index (χ0) is 18.1. The molecule has 1 N–H and O–H groups in total. The lowest BCUT2D eigenvalue weighted by Crippen LogP contribution is -2.33. The predicted molar refractivity (Wildman–Crippen MR) is 97.9 cm³/mol. The molecule has 0 aliphatic carbocycles. The van der Waals surface area contributed by atoms with E-state index >= 15 is 0 Å². The number of aryl methyl sites for hydroxylation is 2. The number of nitrogens with one attached hydrogen (secondary N) is 1. The minimum Gasteiger partial charge on any atom is -0.332 e. The van der Waals surface area contributed by atoms with Gasteiger partial charge in [0.15, 0.2) is 0 Å². The summed E-state index contributed by atoms with van der Waals surface area (Å²) in [6.07, 6.45) is 2.12. The molecule has 1 saturated heterocycles. The number of carbonyl (C=O) groups is 1. The second-order valence-electron chi connectivity index (χ2n) is 6.87. The van der Waals surface area contributed by atoms with E-state index in [1.54, 1.807) is 17.4 Å². The van der Waals surface area contributed by atoms with Crippen LogP contribution in [0, 0.1) is 13.8 Å². The van der Waals surface area contributed by atoms with E-state index in [9.17, 15) is 9.59 Å². The minimum absolute atomic E-state index is 0.0758. The monoisotopic (exact) mass is 360 g/mol. The molecular formula is C18H24N4O2S. The molecule has 1 aliphatic heterocycles. The molecule has 1 aliphatic rings. The van der Waals surface area contributed by atoms with Gasteiger partial charge < -0.3 is 9.88 Å². The van der Waals surface area contributed by atoms with Crippen molar-refractivity contribution in [3.8, 4) is 0 Å². The Morgan fingerprint density at radius 2 is 2.16 bits per heavy atom. The summed E-state index contributed by atoms with van der Waals surface area (Å²) < 4.78 is 0. The Morgan fingerprint density at radius 1 is 1.40 bits per heavy atom. The van der Waals surface area contributed by atoms with E-state index in [1.165, 1.54) is 0 Å². The number of carbonyl (C=O) groups excluding carboxylic acids is 1. The van der Waals surface area contributed by atoms with Crippen molar-refractivity contribution in [1.82, 2.24) is 19.9 Å². The molecule has 0 aromatic carbocycles. The van der Waals surface area contributed by atoms with Crippen LogP contribution < -0.4 is 5.56 Å². The number of hydrogen-bond acceptors (Lipinski definition) is 5. The van der Waals surface area contributed by atoms with Gasteiger partial charge in [-0.15, -0.1) is 11.3 Å². The topological polar surface area (TPSA) is 79.0 Å². The molecule has 0 saturated carbocycles. The zero-order valence-electron chi connectivity index (χ0n) is 15.1. The third-order valence-corrected chi connectivity index (χ3v) is 5.64. The first kappa shape index (κ1) is 17.8. The highest BCUT2D eigenvalue weighted by molar-refractivity contribution is 7.11. The van der Waals surface area contributed by atoms with Crippen LogP contribution in [0.5, 0.6) is 0 Å². The van der Waals surface area contributed by atoms with Gasteiger partial charge in [0.2, 0.25) is 5.91 Å². The largest absolute Gasteiger partial charge is 0.332 e. The first-order valence-electron chi connectivity index (χ1n) is 8.68. The van der Waals surface area contributed by atoms with Gasteiger partial charge in [-0.05, 0) is 32.6 Å². The number of nitrogens with zero attached hydrogens (tertiary/aromatic N) is 3. The molecule has 1 amide bonds. The van der Waals surface area contributed by atoms with Crippen molar-refractivity contribution in [1.29, 1.82) is 0 Å². The van der Waals surface area contributed by atoms with Crippen LogP contribution in [0.1, 0.15) is 65.7 Å². The van der Waals surface area contributed by atoms with E-state index < -0.39 is 0 Å². The SMILES string of the molecule is Cc1nc(C)c(CC(=O)N2CCCC2c2nc(C(C)C)cc(=O)[nH]2)s1. The minimum atomic E-state index is -0.151. The molecule has 25 heavy (non-hydrogen) atoms. The maximum atomic E-state index is 12.8. The van der Waals surface area contributed by atoms with Crippen LogP contribution in [0.4, 0.5) is 0 Å². The van der Waals surface area contributed by atoms with Crippen LogP contribution in [0.25, 0.3) is 0 Å². The number of aromatic nitrogens is 3. The van der Waals surface area contributed by atoms with Crippen molar-refractivity contribution < 1.29 is 4.79 Å². The number of H-pyrrole nitrogens is 1. The van der Waals surface area contributed by atoms with Crippen LogP contribution in [0.15, 0.2) is 10.9 Å². The number of hydrogen-bond donors (Lipinski definition) is 1. The van der Waals surface area contributed by atoms with Crippen LogP contribution in [0.3, 0.4) is 0 Å². The molecular weight excluding hydrogens is 336 g/mol. The molecule has 1 fully saturated rings. The van der Waals surface area contributed by atoms with Crippen LogP contribution in [-0.4, -0.2) is 32.3 Å². The van der Waals surface area contributed by atoms with Gasteiger partial charge in [-0.25, -0.2) is 9.97 Å². The fourth-order valence-corrected chi connectivity index (χ4v) is 4.20. The highest BCUT2D eigenvalue weighted by atomic mass is 32.1. The fraction of sp³-hybridized carbons (Fsp3) is 0.556. The molecule has 2 aromatic rings. The van der Waals surface area contributed by atoms with Gasteiger partial charge >= 0.3 is 0 Å². The van der Waals surface area contributed by atoms with Gasteiger partial charge in [0, 0.05) is 17.5 Å². The van der Waals surface area contributed by atoms with E-state index in [0.717, 1.165) is 34.1 Å². The summed E-state index contributed by atoms with van der Waals surface area (Å²) in [5.41, 5.74) is 1.55. The van der Waals surface area contributed by atoms with E-state index in [-0.39, 0.29) is 23.4 Å². The summed E-state index contributed by atoms with van der Waals surface area (Å²) in [5, 5.41) is 0.980. The summed E-state index contributed by atoms with van der Waals surface area (Å²) in [6.45, 7) is 8.63. The summed E-state index contributed by atoms with van der Waals surface area (Å²) in [5.74, 6) is 0.862. The highest BCUT2D eigenvalue weighted by Gasteiger charge is 2.32. The number of likely N-dealkylation sites (tertiary alicyclic amines) is 1. The molecule has 0 spiro atoms. The predicted octanol–water partition coefficient (Wildman–Crippen LogP) is 2.87. The lowest BCUT2D eigenvalue weighted by atomic mass is 10.1. The lowest BCUT2D eigenvalue weighted by Gasteiger charge is -2.24. The van der Waals surface area contributed by atoms with Crippen LogP contribution >= 0.6 is 11.3 Å². The van der Waals surface area contributed by atoms with E-state index in [2.05, 4.69) is 15.0 Å². The first-order valence-corrected chi connectivity index (χ1v) is 9.50. The van der Waals surface area contributed by atoms with Crippen molar-refractivity contribution in [3.63, 3.8) is 0 Å². The standard InChI is InChI=1S/C18H24N4O2S/c1-10(2)13-8-16(23)21-18(20-13)14-6-5-7-22(14)17(24)9-15-11(3)19-12(4)25-15/h8,10,14H,5-7,9H2,1-4H3,(H,20,21,23). The maximum absolute atomic E-state index is 12.8. The van der Waals surface area contributed by atoms with Crippen molar-refractivity contribution in [2.75, 3.05) is 6.54 Å². The molecule has 2 aromatic heterocycles. The Labute approximate surface area is 151 Å². The van der Waals surface area contributed by atoms with Gasteiger partial charge in [0.1, 0.15) is 5.82 Å². The quantitative estimate of drug-likeness (QED) is 0.909. The average Bonchev–Trinajstić information content (AvgIpc) is 3.13. The number of rotatable bonds is 4. The van der Waals surface area contributed by atoms with Gasteiger partial charge in [-0.3, -0.25) is 9.59 Å². The van der Waals surface area contributed by atoms with Gasteiger partial charge in [0.05, 0.1) is 28.9 Å². The smallest absolute Gasteiger partial charge is 0.251 e. The van der Waals surface area contributed by atoms with Gasteiger partial charge in [0.25, 0.3) is 5.56 Å². The van der Waals surface area contributed by atoms with E-state index in [4.69, 9.17) is 0 Å². The Bertz CT molecular complexity index is 840. The van der Waals surface area contributed by atoms with Crippen LogP contribution in [0.2, 0.25) is 0 Å². The van der Waals surface area contributed by atoms with Crippen molar-refractivity contribution in [3.05, 3.63) is 43.5 Å². The first-order chi connectivity index (χ1) is 11.8. The zero-order valence-corrected chi connectivity index (χ0v) is 15.9. The Balaban J connectivity index is 1.84. The average molecular weight is 360 g/mol. The lowest BCUT2D eigenvalue weighted by molar-refractivity contribution is -0.131. The molecule has 0 radical (unpaired) electrons. The third-order valence-electron chi connectivity index (χ3n) is 4.57. The molecule has 0 bridgehead atoms. The summed E-state index contributed by atoms with van der Waals surface area (Å²) in [4.78, 5) is 39.6. The highest BCUT2D eigenvalue weighted by Crippen LogP contribution is 2.31. The second-order valence-corrected chi connectivity index (χ2v) is 8.16. The van der Waals surface area contributed by atoms with E-state index in [0.29, 0.717) is 18.8 Å². The fourth-order valence-electron chi connectivity index (χ4n) is 3.28. The van der Waals surface area contributed by atoms with Crippen molar-refractivity contribution in [2.24, 2.45) is 0 Å². The van der Waals surface area contributed by atoms with Gasteiger partial charge in [-0.1, -0.05) is 13.8 Å². The molecule has 7 heteroatoms.